The Kier molecular flexibility index (Phi) is 2.99. The van der Waals surface area contributed by atoms with Crippen molar-refractivity contribution >= 4 is 26.9 Å². The maximum absolute atomic E-state index is 10.8. The molecule has 0 atom stereocenters. The Morgan fingerprint density at radius 2 is 2.24 bits per heavy atom. The molecule has 0 aliphatic heterocycles. The van der Waals surface area contributed by atoms with Gasteiger partial charge in [-0.3, -0.25) is 0 Å². The molecule has 0 aliphatic rings. The summed E-state index contributed by atoms with van der Waals surface area (Å²) >= 11 is 0. The highest BCUT2D eigenvalue weighted by Crippen LogP contribution is 2.17. The van der Waals surface area contributed by atoms with Crippen molar-refractivity contribution in [2.75, 3.05) is 17.6 Å². The van der Waals surface area contributed by atoms with E-state index in [0.717, 1.165) is 5.52 Å². The summed E-state index contributed by atoms with van der Waals surface area (Å²) in [7, 11) is -1.58. The summed E-state index contributed by atoms with van der Waals surface area (Å²) in [6.07, 6.45) is 3.32. The van der Waals surface area contributed by atoms with Gasteiger partial charge >= 0.3 is 0 Å². The van der Waals surface area contributed by atoms with Crippen molar-refractivity contribution in [1.82, 2.24) is 14.5 Å². The van der Waals surface area contributed by atoms with Gasteiger partial charge in [0.25, 0.3) is 0 Å². The summed E-state index contributed by atoms with van der Waals surface area (Å²) in [6.45, 7) is 0.210. The fraction of sp³-hybridized carbons (Fsp3) is 0.333. The van der Waals surface area contributed by atoms with E-state index in [1.54, 1.807) is 12.5 Å². The molecule has 92 valence electrons. The summed E-state index contributed by atoms with van der Waals surface area (Å²) in [6, 6.07) is 1.84. The first kappa shape index (κ1) is 11.8. The standard InChI is InChI=1S/C9H13N5O2S/c1-14-6-13-8-7(14)2-3-11-9(8)12-4-5-17(10,15)16/h2-3,6H,4-5H2,1H3,(H,11,12)(H2,10,15,16). The molecule has 0 aliphatic carbocycles. The molecule has 0 radical (unpaired) electrons. The van der Waals surface area contributed by atoms with E-state index in [9.17, 15) is 8.42 Å². The minimum Gasteiger partial charge on any atom is -0.367 e. The van der Waals surface area contributed by atoms with Crippen LogP contribution in [0.5, 0.6) is 0 Å². The fourth-order valence-corrected chi connectivity index (χ4v) is 1.89. The first-order chi connectivity index (χ1) is 7.97. The van der Waals surface area contributed by atoms with Gasteiger partial charge in [-0.15, -0.1) is 0 Å². The maximum atomic E-state index is 10.8. The van der Waals surface area contributed by atoms with Crippen LogP contribution in [0.3, 0.4) is 0 Å². The summed E-state index contributed by atoms with van der Waals surface area (Å²) in [5, 5.41) is 7.82. The molecule has 0 aromatic carbocycles. The van der Waals surface area contributed by atoms with Gasteiger partial charge in [-0.05, 0) is 6.07 Å². The summed E-state index contributed by atoms with van der Waals surface area (Å²) in [5.41, 5.74) is 1.64. The number of aromatic nitrogens is 3. The number of nitrogens with zero attached hydrogens (tertiary/aromatic N) is 3. The zero-order valence-corrected chi connectivity index (χ0v) is 10.1. The van der Waals surface area contributed by atoms with Crippen LogP contribution in [0, 0.1) is 0 Å². The van der Waals surface area contributed by atoms with E-state index in [-0.39, 0.29) is 12.3 Å². The van der Waals surface area contributed by atoms with E-state index >= 15 is 0 Å². The monoisotopic (exact) mass is 255 g/mol. The van der Waals surface area contributed by atoms with Crippen molar-refractivity contribution in [3.8, 4) is 0 Å². The lowest BCUT2D eigenvalue weighted by atomic mass is 10.4. The molecular weight excluding hydrogens is 242 g/mol. The number of imidazole rings is 1. The zero-order valence-electron chi connectivity index (χ0n) is 9.29. The molecule has 0 bridgehead atoms. The quantitative estimate of drug-likeness (QED) is 0.778. The number of sulfonamides is 1. The molecule has 0 spiro atoms. The van der Waals surface area contributed by atoms with Crippen molar-refractivity contribution in [2.45, 2.75) is 0 Å². The predicted molar refractivity (Wildman–Crippen MR) is 65.0 cm³/mol. The third kappa shape index (κ3) is 2.71. The van der Waals surface area contributed by atoms with Crippen LogP contribution in [-0.4, -0.2) is 35.3 Å². The normalized spacial score (nSPS) is 11.9. The SMILES string of the molecule is Cn1cnc2c(NCCS(N)(=O)=O)nccc21. The van der Waals surface area contributed by atoms with Crippen LogP contribution < -0.4 is 10.5 Å². The van der Waals surface area contributed by atoms with Crippen molar-refractivity contribution in [3.05, 3.63) is 18.6 Å². The number of aryl methyl sites for hydroxylation is 1. The third-order valence-corrected chi connectivity index (χ3v) is 3.10. The molecule has 3 N–H and O–H groups in total. The Morgan fingerprint density at radius 3 is 2.94 bits per heavy atom. The lowest BCUT2D eigenvalue weighted by Gasteiger charge is -2.05. The number of rotatable bonds is 4. The molecule has 2 rings (SSSR count). The molecule has 2 aromatic rings. The highest BCUT2D eigenvalue weighted by Gasteiger charge is 2.07. The van der Waals surface area contributed by atoms with Gasteiger partial charge in [0, 0.05) is 19.8 Å². The smallest absolute Gasteiger partial charge is 0.210 e. The number of nitrogens with one attached hydrogen (secondary N) is 1. The molecular formula is C9H13N5O2S. The van der Waals surface area contributed by atoms with E-state index in [1.165, 1.54) is 0 Å². The molecule has 2 aromatic heterocycles. The van der Waals surface area contributed by atoms with Crippen LogP contribution in [-0.2, 0) is 17.1 Å². The van der Waals surface area contributed by atoms with Gasteiger partial charge in [-0.25, -0.2) is 23.5 Å². The molecule has 0 amide bonds. The molecule has 2 heterocycles. The Morgan fingerprint density at radius 1 is 1.47 bits per heavy atom. The number of nitrogens with two attached hydrogens (primary N) is 1. The number of fused-ring (bicyclic) bond motifs is 1. The van der Waals surface area contributed by atoms with E-state index in [1.807, 2.05) is 17.7 Å². The topological polar surface area (TPSA) is 103 Å². The largest absolute Gasteiger partial charge is 0.367 e. The minimum absolute atomic E-state index is 0.141. The van der Waals surface area contributed by atoms with Crippen molar-refractivity contribution in [1.29, 1.82) is 0 Å². The van der Waals surface area contributed by atoms with Crippen LogP contribution >= 0.6 is 0 Å². The average molecular weight is 255 g/mol. The Bertz CT molecular complexity index is 634. The maximum Gasteiger partial charge on any atom is 0.210 e. The van der Waals surface area contributed by atoms with Crippen LogP contribution in [0.25, 0.3) is 11.0 Å². The van der Waals surface area contributed by atoms with Gasteiger partial charge in [-0.1, -0.05) is 0 Å². The van der Waals surface area contributed by atoms with Gasteiger partial charge in [-0.2, -0.15) is 0 Å². The molecule has 0 unspecified atom stereocenters. The van der Waals surface area contributed by atoms with Crippen molar-refractivity contribution < 1.29 is 8.42 Å². The van der Waals surface area contributed by atoms with Gasteiger partial charge in [0.05, 0.1) is 17.6 Å². The Hall–Kier alpha value is -1.67. The second-order valence-corrected chi connectivity index (χ2v) is 5.41. The molecule has 8 heteroatoms. The number of hydrogen-bond donors (Lipinski definition) is 2. The number of anilines is 1. The Balaban J connectivity index is 2.19. The van der Waals surface area contributed by atoms with Crippen LogP contribution in [0.4, 0.5) is 5.82 Å². The van der Waals surface area contributed by atoms with Crippen LogP contribution in [0.15, 0.2) is 18.6 Å². The van der Waals surface area contributed by atoms with E-state index in [4.69, 9.17) is 5.14 Å². The van der Waals surface area contributed by atoms with E-state index in [0.29, 0.717) is 11.3 Å². The van der Waals surface area contributed by atoms with E-state index < -0.39 is 10.0 Å². The molecule has 17 heavy (non-hydrogen) atoms. The minimum atomic E-state index is -3.46. The average Bonchev–Trinajstić information content (AvgIpc) is 2.60. The lowest BCUT2D eigenvalue weighted by molar-refractivity contribution is 0.598. The second-order valence-electron chi connectivity index (χ2n) is 3.68. The van der Waals surface area contributed by atoms with Gasteiger partial charge in [0.15, 0.2) is 5.82 Å². The first-order valence-corrected chi connectivity index (χ1v) is 6.69. The molecule has 0 saturated heterocycles. The van der Waals surface area contributed by atoms with Crippen molar-refractivity contribution in [3.63, 3.8) is 0 Å². The van der Waals surface area contributed by atoms with Gasteiger partial charge in [0.2, 0.25) is 10.0 Å². The van der Waals surface area contributed by atoms with Gasteiger partial charge in [0.1, 0.15) is 5.52 Å². The number of hydrogen-bond acceptors (Lipinski definition) is 5. The molecule has 0 fully saturated rings. The second kappa shape index (κ2) is 4.30. The Labute approximate surface area is 98.7 Å². The lowest BCUT2D eigenvalue weighted by Crippen LogP contribution is -2.22. The molecule has 7 nitrogen and oxygen atoms in total. The number of primary sulfonamides is 1. The summed E-state index contributed by atoms with van der Waals surface area (Å²) in [4.78, 5) is 8.31. The summed E-state index contributed by atoms with van der Waals surface area (Å²) in [5.74, 6) is 0.421. The molecule has 0 saturated carbocycles. The van der Waals surface area contributed by atoms with Gasteiger partial charge < -0.3 is 9.88 Å². The fourth-order valence-electron chi connectivity index (χ4n) is 1.50. The first-order valence-electron chi connectivity index (χ1n) is 4.98. The third-order valence-electron chi connectivity index (χ3n) is 2.32. The summed E-state index contributed by atoms with van der Waals surface area (Å²) < 4.78 is 23.4. The van der Waals surface area contributed by atoms with Crippen LogP contribution in [0.1, 0.15) is 0 Å². The predicted octanol–water partition coefficient (Wildman–Crippen LogP) is -0.331. The van der Waals surface area contributed by atoms with E-state index in [2.05, 4.69) is 15.3 Å². The van der Waals surface area contributed by atoms with Crippen LogP contribution in [0.2, 0.25) is 0 Å². The zero-order chi connectivity index (χ0) is 12.5. The van der Waals surface area contributed by atoms with Crippen molar-refractivity contribution in [2.24, 2.45) is 12.2 Å². The highest BCUT2D eigenvalue weighted by molar-refractivity contribution is 7.89. The highest BCUT2D eigenvalue weighted by atomic mass is 32.2. The number of pyridine rings is 1.